The molecule has 0 aromatic carbocycles. The topological polar surface area (TPSA) is 38.7 Å². The van der Waals surface area contributed by atoms with E-state index in [1.165, 1.54) is 12.8 Å². The van der Waals surface area contributed by atoms with E-state index in [1.54, 1.807) is 7.11 Å². The van der Waals surface area contributed by atoms with Crippen LogP contribution in [0.25, 0.3) is 0 Å². The minimum absolute atomic E-state index is 0.0843. The SMILES string of the molecule is COCCOCCCC1CC(C(C)C)CCC1O. The first-order valence-electron chi connectivity index (χ1n) is 7.40. The van der Waals surface area contributed by atoms with Gasteiger partial charge in [-0.25, -0.2) is 0 Å². The fraction of sp³-hybridized carbons (Fsp3) is 1.00. The molecule has 3 atom stereocenters. The van der Waals surface area contributed by atoms with Crippen molar-refractivity contribution in [1.29, 1.82) is 0 Å². The van der Waals surface area contributed by atoms with E-state index >= 15 is 0 Å². The van der Waals surface area contributed by atoms with Gasteiger partial charge in [0.1, 0.15) is 0 Å². The Bertz CT molecular complexity index is 206. The summed E-state index contributed by atoms with van der Waals surface area (Å²) in [5.41, 5.74) is 0. The molecule has 0 spiro atoms. The molecule has 0 aromatic heterocycles. The summed E-state index contributed by atoms with van der Waals surface area (Å²) in [5, 5.41) is 10.0. The molecule has 1 aliphatic rings. The largest absolute Gasteiger partial charge is 0.393 e. The maximum Gasteiger partial charge on any atom is 0.0700 e. The lowest BCUT2D eigenvalue weighted by Gasteiger charge is -2.35. The Morgan fingerprint density at radius 3 is 2.61 bits per heavy atom. The number of hydrogen-bond acceptors (Lipinski definition) is 3. The van der Waals surface area contributed by atoms with Crippen molar-refractivity contribution in [2.45, 2.75) is 52.1 Å². The van der Waals surface area contributed by atoms with Gasteiger partial charge < -0.3 is 14.6 Å². The van der Waals surface area contributed by atoms with Crippen LogP contribution in [-0.4, -0.2) is 38.1 Å². The molecule has 3 unspecified atom stereocenters. The number of aliphatic hydroxyl groups excluding tert-OH is 1. The lowest BCUT2D eigenvalue weighted by atomic mass is 9.73. The lowest BCUT2D eigenvalue weighted by molar-refractivity contribution is 0.0236. The molecule has 1 saturated carbocycles. The van der Waals surface area contributed by atoms with Crippen molar-refractivity contribution in [3.8, 4) is 0 Å². The third kappa shape index (κ3) is 5.68. The summed E-state index contributed by atoms with van der Waals surface area (Å²) < 4.78 is 10.4. The van der Waals surface area contributed by atoms with Crippen LogP contribution in [0.15, 0.2) is 0 Å². The summed E-state index contributed by atoms with van der Waals surface area (Å²) >= 11 is 0. The zero-order valence-corrected chi connectivity index (χ0v) is 12.2. The van der Waals surface area contributed by atoms with E-state index in [0.717, 1.165) is 37.7 Å². The average molecular weight is 258 g/mol. The highest BCUT2D eigenvalue weighted by Crippen LogP contribution is 2.35. The fourth-order valence-corrected chi connectivity index (χ4v) is 2.89. The van der Waals surface area contributed by atoms with Crippen LogP contribution < -0.4 is 0 Å². The standard InChI is InChI=1S/C15H30O3/c1-12(2)13-6-7-15(16)14(11-13)5-4-8-18-10-9-17-3/h12-16H,4-11H2,1-3H3. The predicted octanol–water partition coefficient (Wildman–Crippen LogP) is 2.86. The van der Waals surface area contributed by atoms with E-state index in [4.69, 9.17) is 9.47 Å². The number of methoxy groups -OCH3 is 1. The summed E-state index contributed by atoms with van der Waals surface area (Å²) in [6.45, 7) is 6.74. The molecule has 1 N–H and O–H groups in total. The molecule has 3 heteroatoms. The maximum atomic E-state index is 10.0. The molecule has 0 heterocycles. The molecule has 0 amide bonds. The average Bonchev–Trinajstić information content (AvgIpc) is 2.35. The number of hydrogen-bond donors (Lipinski definition) is 1. The lowest BCUT2D eigenvalue weighted by Crippen LogP contribution is -2.31. The fourth-order valence-electron chi connectivity index (χ4n) is 2.89. The van der Waals surface area contributed by atoms with E-state index < -0.39 is 0 Å². The zero-order chi connectivity index (χ0) is 13.4. The van der Waals surface area contributed by atoms with Crippen LogP contribution in [-0.2, 0) is 9.47 Å². The zero-order valence-electron chi connectivity index (χ0n) is 12.2. The molecule has 0 radical (unpaired) electrons. The predicted molar refractivity (Wildman–Crippen MR) is 73.6 cm³/mol. The molecule has 0 bridgehead atoms. The van der Waals surface area contributed by atoms with Gasteiger partial charge in [-0.1, -0.05) is 13.8 Å². The first-order valence-corrected chi connectivity index (χ1v) is 7.40. The Balaban J connectivity index is 2.15. The first-order chi connectivity index (χ1) is 8.65. The van der Waals surface area contributed by atoms with Gasteiger partial charge in [0, 0.05) is 13.7 Å². The second-order valence-electron chi connectivity index (χ2n) is 5.89. The Hall–Kier alpha value is -0.120. The van der Waals surface area contributed by atoms with E-state index in [0.29, 0.717) is 19.1 Å². The first kappa shape index (κ1) is 15.9. The number of ether oxygens (including phenoxy) is 2. The quantitative estimate of drug-likeness (QED) is 0.680. The molecular weight excluding hydrogens is 228 g/mol. The van der Waals surface area contributed by atoms with E-state index in [-0.39, 0.29) is 6.10 Å². The van der Waals surface area contributed by atoms with Crippen LogP contribution in [0.2, 0.25) is 0 Å². The third-order valence-electron chi connectivity index (χ3n) is 4.22. The normalized spacial score (nSPS) is 28.8. The molecule has 1 rings (SSSR count). The molecule has 0 saturated heterocycles. The Morgan fingerprint density at radius 2 is 1.94 bits per heavy atom. The summed E-state index contributed by atoms with van der Waals surface area (Å²) in [4.78, 5) is 0. The Kier molecular flexibility index (Phi) is 7.87. The third-order valence-corrected chi connectivity index (χ3v) is 4.22. The summed E-state index contributed by atoms with van der Waals surface area (Å²) in [5.74, 6) is 2.03. The minimum atomic E-state index is -0.0843. The Morgan fingerprint density at radius 1 is 1.17 bits per heavy atom. The second-order valence-corrected chi connectivity index (χ2v) is 5.89. The molecule has 0 aliphatic heterocycles. The van der Waals surface area contributed by atoms with Crippen molar-refractivity contribution in [3.05, 3.63) is 0 Å². The Labute approximate surface area is 112 Å². The van der Waals surface area contributed by atoms with Gasteiger partial charge in [-0.2, -0.15) is 0 Å². The highest BCUT2D eigenvalue weighted by Gasteiger charge is 2.29. The highest BCUT2D eigenvalue weighted by atomic mass is 16.5. The molecule has 108 valence electrons. The summed E-state index contributed by atoms with van der Waals surface area (Å²) in [6.07, 6.45) is 5.43. The van der Waals surface area contributed by atoms with Crippen LogP contribution in [0, 0.1) is 17.8 Å². The van der Waals surface area contributed by atoms with Gasteiger partial charge in [0.25, 0.3) is 0 Å². The number of aliphatic hydroxyl groups is 1. The van der Waals surface area contributed by atoms with Gasteiger partial charge in [0.15, 0.2) is 0 Å². The molecule has 1 fully saturated rings. The van der Waals surface area contributed by atoms with E-state index in [9.17, 15) is 5.11 Å². The van der Waals surface area contributed by atoms with Crippen molar-refractivity contribution in [2.75, 3.05) is 26.9 Å². The van der Waals surface area contributed by atoms with Gasteiger partial charge in [-0.05, 0) is 49.9 Å². The van der Waals surface area contributed by atoms with Crippen LogP contribution in [0.3, 0.4) is 0 Å². The second kappa shape index (κ2) is 8.89. The number of rotatable bonds is 8. The van der Waals surface area contributed by atoms with Crippen LogP contribution >= 0.6 is 0 Å². The van der Waals surface area contributed by atoms with Gasteiger partial charge in [-0.15, -0.1) is 0 Å². The van der Waals surface area contributed by atoms with Crippen molar-refractivity contribution in [1.82, 2.24) is 0 Å². The van der Waals surface area contributed by atoms with E-state index in [2.05, 4.69) is 13.8 Å². The molecule has 3 nitrogen and oxygen atoms in total. The van der Waals surface area contributed by atoms with Crippen molar-refractivity contribution < 1.29 is 14.6 Å². The van der Waals surface area contributed by atoms with Crippen molar-refractivity contribution in [3.63, 3.8) is 0 Å². The molecule has 0 aromatic rings. The van der Waals surface area contributed by atoms with Gasteiger partial charge in [0.05, 0.1) is 19.3 Å². The molecule has 18 heavy (non-hydrogen) atoms. The minimum Gasteiger partial charge on any atom is -0.393 e. The van der Waals surface area contributed by atoms with Crippen molar-refractivity contribution in [2.24, 2.45) is 17.8 Å². The maximum absolute atomic E-state index is 10.0. The molecular formula is C15H30O3. The van der Waals surface area contributed by atoms with Gasteiger partial charge >= 0.3 is 0 Å². The van der Waals surface area contributed by atoms with Crippen LogP contribution in [0.5, 0.6) is 0 Å². The van der Waals surface area contributed by atoms with Crippen LogP contribution in [0.4, 0.5) is 0 Å². The summed E-state index contributed by atoms with van der Waals surface area (Å²) in [6, 6.07) is 0. The monoisotopic (exact) mass is 258 g/mol. The van der Waals surface area contributed by atoms with Crippen LogP contribution in [0.1, 0.15) is 46.0 Å². The smallest absolute Gasteiger partial charge is 0.0700 e. The highest BCUT2D eigenvalue weighted by molar-refractivity contribution is 4.81. The van der Waals surface area contributed by atoms with Gasteiger partial charge in [-0.3, -0.25) is 0 Å². The summed E-state index contributed by atoms with van der Waals surface area (Å²) in [7, 11) is 1.69. The van der Waals surface area contributed by atoms with Gasteiger partial charge in [0.2, 0.25) is 0 Å². The molecule has 1 aliphatic carbocycles. The van der Waals surface area contributed by atoms with E-state index in [1.807, 2.05) is 0 Å². The van der Waals surface area contributed by atoms with Crippen molar-refractivity contribution >= 4 is 0 Å².